The van der Waals surface area contributed by atoms with E-state index in [0.29, 0.717) is 11.3 Å². The minimum atomic E-state index is -0.0944. The summed E-state index contributed by atoms with van der Waals surface area (Å²) in [4.78, 5) is 0. The molecule has 1 aliphatic carbocycles. The van der Waals surface area contributed by atoms with Crippen LogP contribution in [0, 0.1) is 11.3 Å². The van der Waals surface area contributed by atoms with Crippen LogP contribution >= 0.6 is 0 Å². The van der Waals surface area contributed by atoms with E-state index >= 15 is 0 Å². The molecule has 0 radical (unpaired) electrons. The molecule has 2 atom stereocenters. The Bertz CT molecular complexity index is 149. The molecule has 0 heterocycles. The van der Waals surface area contributed by atoms with Gasteiger partial charge in [-0.1, -0.05) is 19.9 Å². The van der Waals surface area contributed by atoms with Gasteiger partial charge in [0.15, 0.2) is 0 Å². The van der Waals surface area contributed by atoms with Crippen molar-refractivity contribution in [1.82, 2.24) is 0 Å². The van der Waals surface area contributed by atoms with Gasteiger partial charge in [0.05, 0.1) is 6.10 Å². The second-order valence-electron chi connectivity index (χ2n) is 4.23. The minimum absolute atomic E-state index is 0.0944. The first-order valence-electron chi connectivity index (χ1n) is 4.37. The summed E-state index contributed by atoms with van der Waals surface area (Å²) < 4.78 is 0. The lowest BCUT2D eigenvalue weighted by Gasteiger charge is -2.10. The van der Waals surface area contributed by atoms with Crippen molar-refractivity contribution in [1.29, 1.82) is 0 Å². The summed E-state index contributed by atoms with van der Waals surface area (Å²) in [6.45, 7) is 8.07. The van der Waals surface area contributed by atoms with Gasteiger partial charge in [0, 0.05) is 0 Å². The topological polar surface area (TPSA) is 20.2 Å². The van der Waals surface area contributed by atoms with E-state index in [-0.39, 0.29) is 6.10 Å². The SMILES string of the molecule is C=CCCC(O)C1CC1(C)C. The third kappa shape index (κ3) is 2.06. The van der Waals surface area contributed by atoms with E-state index in [2.05, 4.69) is 20.4 Å². The highest BCUT2D eigenvalue weighted by atomic mass is 16.3. The number of hydrogen-bond donors (Lipinski definition) is 1. The predicted octanol–water partition coefficient (Wildman–Crippen LogP) is 2.36. The molecule has 1 heteroatoms. The van der Waals surface area contributed by atoms with Gasteiger partial charge < -0.3 is 5.11 Å². The summed E-state index contributed by atoms with van der Waals surface area (Å²) in [5.41, 5.74) is 0.403. The molecule has 0 aliphatic heterocycles. The first-order chi connectivity index (χ1) is 5.08. The summed E-state index contributed by atoms with van der Waals surface area (Å²) in [7, 11) is 0. The normalized spacial score (nSPS) is 29.5. The van der Waals surface area contributed by atoms with Crippen LogP contribution in [-0.2, 0) is 0 Å². The van der Waals surface area contributed by atoms with Gasteiger partial charge in [0.1, 0.15) is 0 Å². The van der Waals surface area contributed by atoms with E-state index in [0.717, 1.165) is 12.8 Å². The maximum absolute atomic E-state index is 9.61. The monoisotopic (exact) mass is 154 g/mol. The zero-order chi connectivity index (χ0) is 8.48. The maximum Gasteiger partial charge on any atom is 0.0576 e. The molecule has 0 aromatic heterocycles. The van der Waals surface area contributed by atoms with Gasteiger partial charge in [-0.3, -0.25) is 0 Å². The smallest absolute Gasteiger partial charge is 0.0576 e. The number of rotatable bonds is 4. The Morgan fingerprint density at radius 3 is 2.64 bits per heavy atom. The highest BCUT2D eigenvalue weighted by molar-refractivity contribution is 4.99. The number of aliphatic hydroxyl groups excluding tert-OH is 1. The Kier molecular flexibility index (Phi) is 2.38. The fourth-order valence-corrected chi connectivity index (χ4v) is 1.65. The summed E-state index contributed by atoms with van der Waals surface area (Å²) in [5.74, 6) is 0.544. The van der Waals surface area contributed by atoms with Crippen LogP contribution < -0.4 is 0 Å². The molecule has 1 nitrogen and oxygen atoms in total. The molecular formula is C10H18O. The van der Waals surface area contributed by atoms with Gasteiger partial charge in [0.25, 0.3) is 0 Å². The fraction of sp³-hybridized carbons (Fsp3) is 0.800. The largest absolute Gasteiger partial charge is 0.393 e. The summed E-state index contributed by atoms with van der Waals surface area (Å²) >= 11 is 0. The van der Waals surface area contributed by atoms with E-state index < -0.39 is 0 Å². The lowest BCUT2D eigenvalue weighted by atomic mass is 10.0. The van der Waals surface area contributed by atoms with Gasteiger partial charge in [-0.25, -0.2) is 0 Å². The van der Waals surface area contributed by atoms with Crippen LogP contribution in [0.5, 0.6) is 0 Å². The van der Waals surface area contributed by atoms with Gasteiger partial charge in [0.2, 0.25) is 0 Å². The first-order valence-corrected chi connectivity index (χ1v) is 4.37. The minimum Gasteiger partial charge on any atom is -0.393 e. The van der Waals surface area contributed by atoms with Crippen molar-refractivity contribution in [2.45, 2.75) is 39.2 Å². The number of allylic oxidation sites excluding steroid dienone is 1. The van der Waals surface area contributed by atoms with Crippen molar-refractivity contribution in [3.8, 4) is 0 Å². The second-order valence-corrected chi connectivity index (χ2v) is 4.23. The van der Waals surface area contributed by atoms with Crippen LogP contribution in [0.1, 0.15) is 33.1 Å². The fourth-order valence-electron chi connectivity index (χ4n) is 1.65. The summed E-state index contributed by atoms with van der Waals surface area (Å²) in [5, 5.41) is 9.61. The molecular weight excluding hydrogens is 136 g/mol. The molecule has 1 fully saturated rings. The highest BCUT2D eigenvalue weighted by Crippen LogP contribution is 2.54. The molecule has 1 saturated carbocycles. The van der Waals surface area contributed by atoms with E-state index in [1.165, 1.54) is 6.42 Å². The van der Waals surface area contributed by atoms with Crippen LogP contribution in [-0.4, -0.2) is 11.2 Å². The van der Waals surface area contributed by atoms with Crippen LogP contribution in [0.2, 0.25) is 0 Å². The molecule has 0 amide bonds. The van der Waals surface area contributed by atoms with Crippen molar-refractivity contribution >= 4 is 0 Å². The van der Waals surface area contributed by atoms with Crippen molar-refractivity contribution < 1.29 is 5.11 Å². The van der Waals surface area contributed by atoms with Gasteiger partial charge in [-0.2, -0.15) is 0 Å². The van der Waals surface area contributed by atoms with E-state index in [1.54, 1.807) is 0 Å². The molecule has 11 heavy (non-hydrogen) atoms. The van der Waals surface area contributed by atoms with Gasteiger partial charge >= 0.3 is 0 Å². The summed E-state index contributed by atoms with van der Waals surface area (Å²) in [6.07, 6.45) is 4.79. The Morgan fingerprint density at radius 2 is 2.27 bits per heavy atom. The molecule has 0 aromatic carbocycles. The Morgan fingerprint density at radius 1 is 1.73 bits per heavy atom. The average Bonchev–Trinajstić information content (AvgIpc) is 2.55. The molecule has 0 saturated heterocycles. The molecule has 0 bridgehead atoms. The Balaban J connectivity index is 2.22. The third-order valence-corrected chi connectivity index (χ3v) is 2.72. The lowest BCUT2D eigenvalue weighted by Crippen LogP contribution is -2.12. The zero-order valence-electron chi connectivity index (χ0n) is 7.51. The average molecular weight is 154 g/mol. The predicted molar refractivity (Wildman–Crippen MR) is 47.3 cm³/mol. The van der Waals surface area contributed by atoms with Crippen molar-refractivity contribution in [3.63, 3.8) is 0 Å². The molecule has 1 N–H and O–H groups in total. The maximum atomic E-state index is 9.61. The van der Waals surface area contributed by atoms with Gasteiger partial charge in [-0.05, 0) is 30.6 Å². The van der Waals surface area contributed by atoms with Crippen LogP contribution in [0.4, 0.5) is 0 Å². The molecule has 0 spiro atoms. The molecule has 1 aliphatic rings. The molecule has 64 valence electrons. The Labute approximate surface area is 69.1 Å². The van der Waals surface area contributed by atoms with E-state index in [4.69, 9.17) is 0 Å². The van der Waals surface area contributed by atoms with Crippen molar-refractivity contribution in [3.05, 3.63) is 12.7 Å². The second kappa shape index (κ2) is 2.98. The Hall–Kier alpha value is -0.300. The van der Waals surface area contributed by atoms with Crippen LogP contribution in [0.25, 0.3) is 0 Å². The van der Waals surface area contributed by atoms with Crippen LogP contribution in [0.3, 0.4) is 0 Å². The third-order valence-electron chi connectivity index (χ3n) is 2.72. The lowest BCUT2D eigenvalue weighted by molar-refractivity contribution is 0.128. The molecule has 1 rings (SSSR count). The number of aliphatic hydroxyl groups is 1. The first kappa shape index (κ1) is 8.79. The quantitative estimate of drug-likeness (QED) is 0.616. The summed E-state index contributed by atoms with van der Waals surface area (Å²) in [6, 6.07) is 0. The highest BCUT2D eigenvalue weighted by Gasteiger charge is 2.49. The van der Waals surface area contributed by atoms with Crippen LogP contribution in [0.15, 0.2) is 12.7 Å². The zero-order valence-corrected chi connectivity index (χ0v) is 7.51. The van der Waals surface area contributed by atoms with Crippen molar-refractivity contribution in [2.75, 3.05) is 0 Å². The van der Waals surface area contributed by atoms with E-state index in [9.17, 15) is 5.11 Å². The number of hydrogen-bond acceptors (Lipinski definition) is 1. The molecule has 2 unspecified atom stereocenters. The van der Waals surface area contributed by atoms with Crippen molar-refractivity contribution in [2.24, 2.45) is 11.3 Å². The molecule has 0 aromatic rings. The standard InChI is InChI=1S/C10H18O/c1-4-5-6-9(11)8-7-10(8,2)3/h4,8-9,11H,1,5-7H2,2-3H3. The van der Waals surface area contributed by atoms with E-state index in [1.807, 2.05) is 6.08 Å². The van der Waals surface area contributed by atoms with Gasteiger partial charge in [-0.15, -0.1) is 6.58 Å².